The molecule has 2 atom stereocenters. The maximum absolute atomic E-state index is 6.03. The highest BCUT2D eigenvalue weighted by Gasteiger charge is 2.28. The summed E-state index contributed by atoms with van der Waals surface area (Å²) in [4.78, 5) is 10.9. The lowest BCUT2D eigenvalue weighted by Crippen LogP contribution is -2.45. The van der Waals surface area contributed by atoms with Crippen molar-refractivity contribution in [3.8, 4) is 5.82 Å². The second-order valence-corrected chi connectivity index (χ2v) is 6.13. The first-order valence-corrected chi connectivity index (χ1v) is 8.28. The zero-order valence-corrected chi connectivity index (χ0v) is 14.0. The molecule has 0 aliphatic carbocycles. The number of benzene rings is 1. The molecule has 0 bridgehead atoms. The smallest absolute Gasteiger partial charge is 0.224 e. The van der Waals surface area contributed by atoms with Crippen LogP contribution >= 0.6 is 0 Å². The minimum absolute atomic E-state index is 0.00161. The molecule has 1 aromatic carbocycles. The molecule has 128 valence electrons. The van der Waals surface area contributed by atoms with Crippen LogP contribution in [0.25, 0.3) is 5.82 Å². The van der Waals surface area contributed by atoms with Crippen molar-refractivity contribution >= 4 is 11.8 Å². The van der Waals surface area contributed by atoms with Gasteiger partial charge in [0.05, 0.1) is 19.2 Å². The van der Waals surface area contributed by atoms with Gasteiger partial charge in [0.15, 0.2) is 5.82 Å². The van der Waals surface area contributed by atoms with Gasteiger partial charge < -0.3 is 15.4 Å². The van der Waals surface area contributed by atoms with Crippen molar-refractivity contribution in [2.24, 2.45) is 0 Å². The van der Waals surface area contributed by atoms with Crippen molar-refractivity contribution in [1.29, 1.82) is 0 Å². The third kappa shape index (κ3) is 3.18. The second kappa shape index (κ2) is 6.52. The van der Waals surface area contributed by atoms with E-state index in [0.29, 0.717) is 19.0 Å². The Morgan fingerprint density at radius 3 is 2.68 bits per heavy atom. The summed E-state index contributed by atoms with van der Waals surface area (Å²) in [6.45, 7) is 3.45. The first-order valence-electron chi connectivity index (χ1n) is 8.28. The van der Waals surface area contributed by atoms with Gasteiger partial charge in [-0.05, 0) is 18.6 Å². The molecule has 0 spiro atoms. The molecule has 2 N–H and O–H groups in total. The predicted octanol–water partition coefficient (Wildman–Crippen LogP) is 2.21. The van der Waals surface area contributed by atoms with Crippen LogP contribution in [0.3, 0.4) is 0 Å². The van der Waals surface area contributed by atoms with Gasteiger partial charge in [-0.1, -0.05) is 30.3 Å². The Morgan fingerprint density at radius 1 is 1.12 bits per heavy atom. The van der Waals surface area contributed by atoms with Crippen LogP contribution < -0.4 is 10.6 Å². The Morgan fingerprint density at radius 2 is 1.92 bits per heavy atom. The Hall–Kier alpha value is -2.93. The van der Waals surface area contributed by atoms with Gasteiger partial charge in [-0.25, -0.2) is 4.68 Å². The number of nitrogen functional groups attached to an aromatic ring is 1. The SMILES string of the molecule is C[C@@H]1CO[C@H](c2ccccc2)CN1c1cc(-n2cccn2)nc(N)n1. The van der Waals surface area contributed by atoms with Crippen molar-refractivity contribution in [1.82, 2.24) is 19.7 Å². The zero-order chi connectivity index (χ0) is 17.2. The summed E-state index contributed by atoms with van der Waals surface area (Å²) in [6, 6.07) is 14.2. The van der Waals surface area contributed by atoms with Crippen molar-refractivity contribution in [3.05, 3.63) is 60.4 Å². The molecule has 3 aromatic rings. The average molecular weight is 336 g/mol. The van der Waals surface area contributed by atoms with Crippen LogP contribution in [0.15, 0.2) is 54.9 Å². The number of rotatable bonds is 3. The minimum Gasteiger partial charge on any atom is -0.370 e. The molecule has 2 aromatic heterocycles. The molecule has 1 aliphatic heterocycles. The first kappa shape index (κ1) is 15.6. The monoisotopic (exact) mass is 336 g/mol. The van der Waals surface area contributed by atoms with Gasteiger partial charge in [0.1, 0.15) is 11.9 Å². The molecule has 0 saturated carbocycles. The Balaban J connectivity index is 1.65. The zero-order valence-electron chi connectivity index (χ0n) is 14.0. The summed E-state index contributed by atoms with van der Waals surface area (Å²) in [5.41, 5.74) is 7.10. The van der Waals surface area contributed by atoms with Gasteiger partial charge in [0.25, 0.3) is 0 Å². The van der Waals surface area contributed by atoms with Crippen LogP contribution in [0.4, 0.5) is 11.8 Å². The summed E-state index contributed by atoms with van der Waals surface area (Å²) in [5, 5.41) is 4.22. The van der Waals surface area contributed by atoms with E-state index in [4.69, 9.17) is 10.5 Å². The molecule has 0 amide bonds. The van der Waals surface area contributed by atoms with Crippen molar-refractivity contribution < 1.29 is 4.74 Å². The third-order valence-corrected chi connectivity index (χ3v) is 4.35. The van der Waals surface area contributed by atoms with E-state index >= 15 is 0 Å². The highest BCUT2D eigenvalue weighted by molar-refractivity contribution is 5.49. The standard InChI is InChI=1S/C18H20N6O/c1-13-12-25-15(14-6-3-2-4-7-14)11-23(13)16-10-17(22-18(19)21-16)24-9-5-8-20-24/h2-10,13,15H,11-12H2,1H3,(H2,19,21,22)/t13-,15+/m1/s1. The molecule has 1 saturated heterocycles. The molecule has 7 heteroatoms. The number of ether oxygens (including phenoxy) is 1. The van der Waals surface area contributed by atoms with Crippen LogP contribution in [0.2, 0.25) is 0 Å². The minimum atomic E-state index is 0.00161. The quantitative estimate of drug-likeness (QED) is 0.790. The van der Waals surface area contributed by atoms with Gasteiger partial charge >= 0.3 is 0 Å². The van der Waals surface area contributed by atoms with E-state index in [1.807, 2.05) is 36.5 Å². The lowest BCUT2D eigenvalue weighted by atomic mass is 10.1. The van der Waals surface area contributed by atoms with Crippen molar-refractivity contribution in [3.63, 3.8) is 0 Å². The number of anilines is 2. The number of morpholine rings is 1. The fraction of sp³-hybridized carbons (Fsp3) is 0.278. The normalized spacial score (nSPS) is 20.6. The summed E-state index contributed by atoms with van der Waals surface area (Å²) in [5.74, 6) is 1.68. The van der Waals surface area contributed by atoms with E-state index in [9.17, 15) is 0 Å². The molecule has 0 radical (unpaired) electrons. The van der Waals surface area contributed by atoms with Gasteiger partial charge in [0, 0.05) is 18.5 Å². The molecule has 7 nitrogen and oxygen atoms in total. The topological polar surface area (TPSA) is 82.1 Å². The molecular weight excluding hydrogens is 316 g/mol. The number of hydrogen-bond acceptors (Lipinski definition) is 6. The Labute approximate surface area is 146 Å². The van der Waals surface area contributed by atoms with Crippen LogP contribution in [-0.2, 0) is 4.74 Å². The highest BCUT2D eigenvalue weighted by atomic mass is 16.5. The second-order valence-electron chi connectivity index (χ2n) is 6.13. The van der Waals surface area contributed by atoms with Crippen LogP contribution in [-0.4, -0.2) is 38.9 Å². The highest BCUT2D eigenvalue weighted by Crippen LogP contribution is 2.29. The number of hydrogen-bond donors (Lipinski definition) is 1. The number of aromatic nitrogens is 4. The van der Waals surface area contributed by atoms with Crippen LogP contribution in [0.1, 0.15) is 18.6 Å². The van der Waals surface area contributed by atoms with Gasteiger partial charge in [-0.15, -0.1) is 0 Å². The summed E-state index contributed by atoms with van der Waals surface area (Å²) in [7, 11) is 0. The number of nitrogens with zero attached hydrogens (tertiary/aromatic N) is 5. The lowest BCUT2D eigenvalue weighted by molar-refractivity contribution is 0.0212. The summed E-state index contributed by atoms with van der Waals surface area (Å²) >= 11 is 0. The average Bonchev–Trinajstić information content (AvgIpc) is 3.17. The fourth-order valence-electron chi connectivity index (χ4n) is 3.05. The van der Waals surface area contributed by atoms with Gasteiger partial charge in [0.2, 0.25) is 5.95 Å². The van der Waals surface area contributed by atoms with E-state index in [1.165, 1.54) is 0 Å². The van der Waals surface area contributed by atoms with Crippen molar-refractivity contribution in [2.45, 2.75) is 19.1 Å². The van der Waals surface area contributed by atoms with E-state index < -0.39 is 0 Å². The molecule has 4 rings (SSSR count). The Kier molecular flexibility index (Phi) is 4.07. The van der Waals surface area contributed by atoms with Crippen LogP contribution in [0, 0.1) is 0 Å². The first-order chi connectivity index (χ1) is 12.2. The molecule has 3 heterocycles. The molecule has 25 heavy (non-hydrogen) atoms. The van der Waals surface area contributed by atoms with E-state index in [1.54, 1.807) is 10.9 Å². The van der Waals surface area contributed by atoms with E-state index in [-0.39, 0.29) is 18.1 Å². The summed E-state index contributed by atoms with van der Waals surface area (Å²) in [6.07, 6.45) is 3.55. The molecule has 0 unspecified atom stereocenters. The van der Waals surface area contributed by atoms with E-state index in [0.717, 1.165) is 11.4 Å². The van der Waals surface area contributed by atoms with E-state index in [2.05, 4.69) is 39.0 Å². The lowest BCUT2D eigenvalue weighted by Gasteiger charge is -2.39. The predicted molar refractivity (Wildman–Crippen MR) is 95.5 cm³/mol. The fourth-order valence-corrected chi connectivity index (χ4v) is 3.05. The molecule has 1 fully saturated rings. The van der Waals surface area contributed by atoms with Crippen LogP contribution in [0.5, 0.6) is 0 Å². The Bertz CT molecular complexity index is 836. The molecular formula is C18H20N6O. The number of nitrogens with two attached hydrogens (primary N) is 1. The summed E-state index contributed by atoms with van der Waals surface area (Å²) < 4.78 is 7.71. The van der Waals surface area contributed by atoms with Gasteiger partial charge in [-0.3, -0.25) is 0 Å². The van der Waals surface area contributed by atoms with Gasteiger partial charge in [-0.2, -0.15) is 15.1 Å². The maximum atomic E-state index is 6.03. The largest absolute Gasteiger partial charge is 0.370 e. The van der Waals surface area contributed by atoms with Crippen molar-refractivity contribution in [2.75, 3.05) is 23.8 Å². The molecule has 1 aliphatic rings. The maximum Gasteiger partial charge on any atom is 0.224 e. The third-order valence-electron chi connectivity index (χ3n) is 4.35.